The van der Waals surface area contributed by atoms with Crippen molar-refractivity contribution in [2.45, 2.75) is 59.5 Å². The van der Waals surface area contributed by atoms with Crippen LogP contribution in [0.3, 0.4) is 0 Å². The first-order valence-corrected chi connectivity index (χ1v) is 7.48. The fraction of sp³-hybridized carbons (Fsp3) is 0.857. The largest absolute Gasteiger partial charge is 0.393 e. The average Bonchev–Trinajstić information content (AvgIpc) is 2.27. The fourth-order valence-corrected chi connectivity index (χ4v) is 2.01. The molecule has 0 bridgehead atoms. The van der Waals surface area contributed by atoms with Gasteiger partial charge in [-0.2, -0.15) is 0 Å². The lowest BCUT2D eigenvalue weighted by Gasteiger charge is -2.31. The highest BCUT2D eigenvalue weighted by atomic mass is 32.1. The van der Waals surface area contributed by atoms with E-state index < -0.39 is 0 Å². The summed E-state index contributed by atoms with van der Waals surface area (Å²) in [5, 5.41) is 2.99. The molecule has 0 spiro atoms. The number of thiocarbonyl (C=S) groups is 1. The summed E-state index contributed by atoms with van der Waals surface area (Å²) in [6.07, 6.45) is 1.66. The number of nitrogens with one attached hydrogen (secondary N) is 1. The van der Waals surface area contributed by atoms with Crippen LogP contribution in [0, 0.1) is 5.92 Å². The van der Waals surface area contributed by atoms with E-state index in [0.717, 1.165) is 19.5 Å². The van der Waals surface area contributed by atoms with Gasteiger partial charge in [-0.05, 0) is 33.1 Å². The molecule has 0 radical (unpaired) electrons. The Balaban J connectivity index is 4.32. The van der Waals surface area contributed by atoms with E-state index in [1.807, 2.05) is 6.92 Å². The molecule has 0 aromatic carbocycles. The lowest BCUT2D eigenvalue weighted by atomic mass is 10.1. The molecule has 0 heterocycles. The third-order valence-electron chi connectivity index (χ3n) is 3.18. The summed E-state index contributed by atoms with van der Waals surface area (Å²) in [6, 6.07) is 0.140. The van der Waals surface area contributed by atoms with Crippen molar-refractivity contribution in [3.63, 3.8) is 0 Å². The SMILES string of the molecule is CC(C)CCNC(=O)C(C)N(CCC(N)=S)C(C)C. The van der Waals surface area contributed by atoms with Gasteiger partial charge in [-0.15, -0.1) is 0 Å². The van der Waals surface area contributed by atoms with Crippen LogP contribution in [0.1, 0.15) is 47.5 Å². The minimum absolute atomic E-state index is 0.0808. The monoisotopic (exact) mass is 287 g/mol. The van der Waals surface area contributed by atoms with Crippen molar-refractivity contribution in [1.29, 1.82) is 0 Å². The standard InChI is InChI=1S/C14H29N3OS/c1-10(2)6-8-16-14(18)12(5)17(11(3)4)9-7-13(15)19/h10-12H,6-9H2,1-5H3,(H2,15,19)(H,16,18). The molecule has 112 valence electrons. The van der Waals surface area contributed by atoms with E-state index in [0.29, 0.717) is 23.4 Å². The van der Waals surface area contributed by atoms with E-state index in [4.69, 9.17) is 18.0 Å². The Kier molecular flexibility index (Phi) is 8.93. The van der Waals surface area contributed by atoms with Crippen molar-refractivity contribution in [1.82, 2.24) is 10.2 Å². The van der Waals surface area contributed by atoms with Gasteiger partial charge in [0, 0.05) is 25.6 Å². The first kappa shape index (κ1) is 18.3. The number of rotatable bonds is 9. The third kappa shape index (κ3) is 8.16. The molecule has 0 saturated heterocycles. The molecule has 0 rings (SSSR count). The normalized spacial score (nSPS) is 13.1. The van der Waals surface area contributed by atoms with Crippen LogP contribution in [0.2, 0.25) is 0 Å². The van der Waals surface area contributed by atoms with Crippen LogP contribution in [0.25, 0.3) is 0 Å². The van der Waals surface area contributed by atoms with Crippen LogP contribution in [0.5, 0.6) is 0 Å². The molecule has 0 aromatic rings. The Bertz CT molecular complexity index is 292. The number of hydrogen-bond donors (Lipinski definition) is 2. The molecule has 0 aromatic heterocycles. The van der Waals surface area contributed by atoms with Gasteiger partial charge in [-0.3, -0.25) is 9.69 Å². The zero-order chi connectivity index (χ0) is 15.0. The zero-order valence-electron chi connectivity index (χ0n) is 12.9. The van der Waals surface area contributed by atoms with Crippen molar-refractivity contribution in [3.05, 3.63) is 0 Å². The Hall–Kier alpha value is -0.680. The Morgan fingerprint density at radius 2 is 1.84 bits per heavy atom. The van der Waals surface area contributed by atoms with Gasteiger partial charge in [0.15, 0.2) is 0 Å². The molecule has 0 aliphatic carbocycles. The first-order chi connectivity index (χ1) is 8.75. The lowest BCUT2D eigenvalue weighted by Crippen LogP contribution is -2.49. The summed E-state index contributed by atoms with van der Waals surface area (Å²) in [5.74, 6) is 0.684. The molecule has 0 aliphatic rings. The maximum atomic E-state index is 12.1. The second-order valence-corrected chi connectivity index (χ2v) is 6.22. The molecule has 0 aliphatic heterocycles. The van der Waals surface area contributed by atoms with E-state index >= 15 is 0 Å². The maximum Gasteiger partial charge on any atom is 0.237 e. The number of carbonyl (C=O) groups is 1. The highest BCUT2D eigenvalue weighted by Crippen LogP contribution is 2.07. The zero-order valence-corrected chi connectivity index (χ0v) is 13.7. The minimum Gasteiger partial charge on any atom is -0.393 e. The van der Waals surface area contributed by atoms with Crippen LogP contribution < -0.4 is 11.1 Å². The number of amides is 1. The smallest absolute Gasteiger partial charge is 0.237 e. The van der Waals surface area contributed by atoms with Gasteiger partial charge >= 0.3 is 0 Å². The predicted molar refractivity (Wildman–Crippen MR) is 85.2 cm³/mol. The van der Waals surface area contributed by atoms with Crippen LogP contribution in [-0.4, -0.2) is 41.0 Å². The topological polar surface area (TPSA) is 58.4 Å². The van der Waals surface area contributed by atoms with Crippen molar-refractivity contribution in [2.24, 2.45) is 11.7 Å². The van der Waals surface area contributed by atoms with Gasteiger partial charge in [-0.1, -0.05) is 26.1 Å². The second kappa shape index (κ2) is 9.26. The highest BCUT2D eigenvalue weighted by Gasteiger charge is 2.23. The minimum atomic E-state index is -0.151. The number of nitrogens with two attached hydrogens (primary N) is 1. The molecule has 0 fully saturated rings. The molecule has 1 atom stereocenters. The molecule has 1 amide bonds. The van der Waals surface area contributed by atoms with Crippen molar-refractivity contribution in [2.75, 3.05) is 13.1 Å². The Morgan fingerprint density at radius 3 is 2.26 bits per heavy atom. The summed E-state index contributed by atoms with van der Waals surface area (Å²) in [5.41, 5.74) is 5.53. The van der Waals surface area contributed by atoms with Gasteiger partial charge < -0.3 is 11.1 Å². The van der Waals surface area contributed by atoms with Crippen molar-refractivity contribution < 1.29 is 4.79 Å². The van der Waals surface area contributed by atoms with Crippen molar-refractivity contribution in [3.8, 4) is 0 Å². The summed E-state index contributed by atoms with van der Waals surface area (Å²) < 4.78 is 0. The fourth-order valence-electron chi connectivity index (χ4n) is 1.92. The highest BCUT2D eigenvalue weighted by molar-refractivity contribution is 7.80. The molecular formula is C14H29N3OS. The summed E-state index contributed by atoms with van der Waals surface area (Å²) >= 11 is 4.90. The number of hydrogen-bond acceptors (Lipinski definition) is 3. The lowest BCUT2D eigenvalue weighted by molar-refractivity contribution is -0.126. The van der Waals surface area contributed by atoms with E-state index in [-0.39, 0.29) is 11.9 Å². The Morgan fingerprint density at radius 1 is 1.26 bits per heavy atom. The molecule has 19 heavy (non-hydrogen) atoms. The summed E-state index contributed by atoms with van der Waals surface area (Å²) in [6.45, 7) is 11.9. The predicted octanol–water partition coefficient (Wildman–Crippen LogP) is 1.92. The van der Waals surface area contributed by atoms with Crippen LogP contribution >= 0.6 is 12.2 Å². The van der Waals surface area contributed by atoms with E-state index in [1.165, 1.54) is 0 Å². The molecule has 1 unspecified atom stereocenters. The van der Waals surface area contributed by atoms with E-state index in [1.54, 1.807) is 0 Å². The molecule has 5 heteroatoms. The summed E-state index contributed by atoms with van der Waals surface area (Å²) in [7, 11) is 0. The van der Waals surface area contributed by atoms with E-state index in [9.17, 15) is 4.79 Å². The third-order valence-corrected chi connectivity index (χ3v) is 3.38. The van der Waals surface area contributed by atoms with Gasteiger partial charge in [-0.25, -0.2) is 0 Å². The maximum absolute atomic E-state index is 12.1. The van der Waals surface area contributed by atoms with Crippen LogP contribution in [0.15, 0.2) is 0 Å². The van der Waals surface area contributed by atoms with Crippen LogP contribution in [-0.2, 0) is 4.79 Å². The molecule has 0 saturated carbocycles. The molecule has 4 nitrogen and oxygen atoms in total. The van der Waals surface area contributed by atoms with Gasteiger partial charge in [0.1, 0.15) is 0 Å². The van der Waals surface area contributed by atoms with Gasteiger partial charge in [0.2, 0.25) is 5.91 Å². The van der Waals surface area contributed by atoms with Crippen LogP contribution in [0.4, 0.5) is 0 Å². The first-order valence-electron chi connectivity index (χ1n) is 7.07. The summed E-state index contributed by atoms with van der Waals surface area (Å²) in [4.78, 5) is 14.7. The quantitative estimate of drug-likeness (QED) is 0.636. The molecule has 3 N–H and O–H groups in total. The average molecular weight is 287 g/mol. The van der Waals surface area contributed by atoms with Gasteiger partial charge in [0.05, 0.1) is 11.0 Å². The van der Waals surface area contributed by atoms with Gasteiger partial charge in [0.25, 0.3) is 0 Å². The Labute approximate surface area is 123 Å². The van der Waals surface area contributed by atoms with E-state index in [2.05, 4.69) is 37.9 Å². The molecular weight excluding hydrogens is 258 g/mol. The number of carbonyl (C=O) groups excluding carboxylic acids is 1. The second-order valence-electron chi connectivity index (χ2n) is 5.70. The van der Waals surface area contributed by atoms with Crippen molar-refractivity contribution >= 4 is 23.1 Å². The number of nitrogens with zero attached hydrogens (tertiary/aromatic N) is 1.